The molecule has 1 heterocycles. The number of carbonyl (C=O) groups excluding carboxylic acids is 2. The average molecular weight is 366 g/mol. The first-order valence-corrected chi connectivity index (χ1v) is 9.00. The molecule has 0 aromatic heterocycles. The summed E-state index contributed by atoms with van der Waals surface area (Å²) in [7, 11) is 0. The fraction of sp³-hybridized carbons (Fsp3) is 0.579. The van der Waals surface area contributed by atoms with Crippen LogP contribution in [0.25, 0.3) is 0 Å². The third-order valence-electron chi connectivity index (χ3n) is 5.12. The van der Waals surface area contributed by atoms with E-state index in [4.69, 9.17) is 5.73 Å². The normalized spacial score (nSPS) is 23.2. The number of likely N-dealkylation sites (tertiary alicyclic amines) is 1. The Kier molecular flexibility index (Phi) is 7.26. The number of hydrogen-bond donors (Lipinski definition) is 2. The number of nitrogens with one attached hydrogen (secondary N) is 1. The lowest BCUT2D eigenvalue weighted by atomic mass is 9.85. The second-order valence-electron chi connectivity index (χ2n) is 7.08. The van der Waals surface area contributed by atoms with Crippen molar-refractivity contribution >= 4 is 24.2 Å². The molecule has 5 nitrogen and oxygen atoms in total. The quantitative estimate of drug-likeness (QED) is 0.841. The third kappa shape index (κ3) is 5.44. The van der Waals surface area contributed by atoms with Crippen molar-refractivity contribution in [1.82, 2.24) is 10.2 Å². The van der Waals surface area contributed by atoms with Gasteiger partial charge in [-0.05, 0) is 36.8 Å². The van der Waals surface area contributed by atoms with Gasteiger partial charge in [0.1, 0.15) is 0 Å². The van der Waals surface area contributed by atoms with E-state index in [9.17, 15) is 9.59 Å². The van der Waals surface area contributed by atoms with Crippen LogP contribution in [-0.2, 0) is 22.7 Å². The van der Waals surface area contributed by atoms with Gasteiger partial charge >= 0.3 is 0 Å². The molecule has 1 aliphatic carbocycles. The molecule has 138 valence electrons. The average Bonchev–Trinajstić information content (AvgIpc) is 2.99. The van der Waals surface area contributed by atoms with Gasteiger partial charge in [-0.3, -0.25) is 9.59 Å². The topological polar surface area (TPSA) is 75.4 Å². The van der Waals surface area contributed by atoms with Crippen molar-refractivity contribution in [3.05, 3.63) is 35.4 Å². The maximum Gasteiger partial charge on any atom is 0.223 e. The Morgan fingerprint density at radius 3 is 2.52 bits per heavy atom. The Balaban J connectivity index is 0.00000225. The highest BCUT2D eigenvalue weighted by atomic mass is 35.5. The van der Waals surface area contributed by atoms with Gasteiger partial charge in [0.15, 0.2) is 0 Å². The Morgan fingerprint density at radius 2 is 1.88 bits per heavy atom. The number of carbonyl (C=O) groups is 2. The fourth-order valence-electron chi connectivity index (χ4n) is 3.65. The van der Waals surface area contributed by atoms with E-state index >= 15 is 0 Å². The number of rotatable bonds is 5. The zero-order chi connectivity index (χ0) is 16.9. The van der Waals surface area contributed by atoms with Crippen LogP contribution >= 0.6 is 12.4 Å². The lowest BCUT2D eigenvalue weighted by Gasteiger charge is -2.25. The molecule has 2 amide bonds. The largest absolute Gasteiger partial charge is 0.352 e. The number of amides is 2. The minimum atomic E-state index is 0. The van der Waals surface area contributed by atoms with Gasteiger partial charge in [-0.15, -0.1) is 12.4 Å². The third-order valence-corrected chi connectivity index (χ3v) is 5.12. The standard InChI is InChI=1S/C19H27N3O2.ClH/c20-17-4-1-3-16(11-17)19(24)21-12-14-6-8-15(9-7-14)13-22-10-2-5-18(22)23;/h6-9,16-17H,1-5,10-13,20H2,(H,21,24);1H. The van der Waals surface area contributed by atoms with Gasteiger partial charge in [-0.1, -0.05) is 30.7 Å². The van der Waals surface area contributed by atoms with Crippen molar-refractivity contribution in [1.29, 1.82) is 0 Å². The lowest BCUT2D eigenvalue weighted by molar-refractivity contribution is -0.128. The van der Waals surface area contributed by atoms with Crippen molar-refractivity contribution < 1.29 is 9.59 Å². The molecule has 3 rings (SSSR count). The Morgan fingerprint density at radius 1 is 1.16 bits per heavy atom. The second-order valence-corrected chi connectivity index (χ2v) is 7.08. The summed E-state index contributed by atoms with van der Waals surface area (Å²) in [5.74, 6) is 0.433. The smallest absolute Gasteiger partial charge is 0.223 e. The summed E-state index contributed by atoms with van der Waals surface area (Å²) >= 11 is 0. The van der Waals surface area contributed by atoms with Gasteiger partial charge in [0, 0.05) is 38.0 Å². The predicted molar refractivity (Wildman–Crippen MR) is 100 cm³/mol. The van der Waals surface area contributed by atoms with Gasteiger partial charge in [0.2, 0.25) is 11.8 Å². The molecule has 1 aromatic carbocycles. The summed E-state index contributed by atoms with van der Waals surface area (Å²) < 4.78 is 0. The highest BCUT2D eigenvalue weighted by molar-refractivity contribution is 5.85. The van der Waals surface area contributed by atoms with Gasteiger partial charge in [0.05, 0.1) is 0 Å². The second kappa shape index (κ2) is 9.20. The van der Waals surface area contributed by atoms with E-state index in [2.05, 4.69) is 5.32 Å². The molecule has 1 aromatic rings. The molecule has 2 unspecified atom stereocenters. The van der Waals surface area contributed by atoms with E-state index in [1.165, 1.54) is 0 Å². The SMILES string of the molecule is Cl.NC1CCCC(C(=O)NCc2ccc(CN3CCCC3=O)cc2)C1. The molecule has 0 radical (unpaired) electrons. The summed E-state index contributed by atoms with van der Waals surface area (Å²) in [6.45, 7) is 2.10. The van der Waals surface area contributed by atoms with Crippen LogP contribution in [0, 0.1) is 5.92 Å². The summed E-state index contributed by atoms with van der Waals surface area (Å²) in [5.41, 5.74) is 8.18. The van der Waals surface area contributed by atoms with Crippen LogP contribution in [0.5, 0.6) is 0 Å². The molecule has 3 N–H and O–H groups in total. The van der Waals surface area contributed by atoms with Gasteiger partial charge < -0.3 is 16.0 Å². The minimum Gasteiger partial charge on any atom is -0.352 e. The van der Waals surface area contributed by atoms with Gasteiger partial charge in [-0.25, -0.2) is 0 Å². The first kappa shape index (κ1) is 19.7. The minimum absolute atomic E-state index is 0. The van der Waals surface area contributed by atoms with Crippen LogP contribution in [-0.4, -0.2) is 29.3 Å². The summed E-state index contributed by atoms with van der Waals surface area (Å²) in [6.07, 6.45) is 5.47. The molecule has 1 saturated heterocycles. The van der Waals surface area contributed by atoms with Crippen molar-refractivity contribution in [3.63, 3.8) is 0 Å². The molecule has 0 bridgehead atoms. The van der Waals surface area contributed by atoms with Crippen molar-refractivity contribution in [3.8, 4) is 0 Å². The maximum atomic E-state index is 12.2. The maximum absolute atomic E-state index is 12.2. The van der Waals surface area contributed by atoms with Crippen molar-refractivity contribution in [2.45, 2.75) is 57.7 Å². The summed E-state index contributed by atoms with van der Waals surface area (Å²) in [6, 6.07) is 8.32. The first-order chi connectivity index (χ1) is 11.6. The fourth-order valence-corrected chi connectivity index (χ4v) is 3.65. The zero-order valence-electron chi connectivity index (χ0n) is 14.6. The molecule has 2 atom stereocenters. The number of benzene rings is 1. The summed E-state index contributed by atoms with van der Waals surface area (Å²) in [4.78, 5) is 25.8. The molecule has 1 saturated carbocycles. The Bertz CT molecular complexity index is 591. The van der Waals surface area contributed by atoms with Crippen LogP contribution in [0.2, 0.25) is 0 Å². The molecule has 0 spiro atoms. The lowest BCUT2D eigenvalue weighted by Crippen LogP contribution is -2.37. The summed E-state index contributed by atoms with van der Waals surface area (Å²) in [5, 5.41) is 3.03. The van der Waals surface area contributed by atoms with Crippen molar-refractivity contribution in [2.24, 2.45) is 11.7 Å². The molecule has 6 heteroatoms. The molecule has 2 fully saturated rings. The Labute approximate surface area is 155 Å². The zero-order valence-corrected chi connectivity index (χ0v) is 15.4. The van der Waals surface area contributed by atoms with E-state index in [1.54, 1.807) is 0 Å². The Hall–Kier alpha value is -1.59. The number of nitrogens with two attached hydrogens (primary N) is 1. The van der Waals surface area contributed by atoms with E-state index in [0.717, 1.165) is 49.8 Å². The van der Waals surface area contributed by atoms with Crippen LogP contribution in [0.15, 0.2) is 24.3 Å². The van der Waals surface area contributed by atoms with E-state index in [-0.39, 0.29) is 36.2 Å². The van der Waals surface area contributed by atoms with Crippen LogP contribution < -0.4 is 11.1 Å². The molecule has 25 heavy (non-hydrogen) atoms. The van der Waals surface area contributed by atoms with E-state index in [0.29, 0.717) is 19.5 Å². The molecular weight excluding hydrogens is 338 g/mol. The number of hydrogen-bond acceptors (Lipinski definition) is 3. The highest BCUT2D eigenvalue weighted by Crippen LogP contribution is 2.23. The van der Waals surface area contributed by atoms with E-state index < -0.39 is 0 Å². The van der Waals surface area contributed by atoms with E-state index in [1.807, 2.05) is 29.2 Å². The molecule has 1 aliphatic heterocycles. The van der Waals surface area contributed by atoms with Gasteiger partial charge in [-0.2, -0.15) is 0 Å². The van der Waals surface area contributed by atoms with Crippen molar-refractivity contribution in [2.75, 3.05) is 6.54 Å². The predicted octanol–water partition coefficient (Wildman–Crippen LogP) is 2.36. The van der Waals surface area contributed by atoms with Crippen LogP contribution in [0.1, 0.15) is 49.7 Å². The number of halogens is 1. The van der Waals surface area contributed by atoms with Crippen LogP contribution in [0.4, 0.5) is 0 Å². The van der Waals surface area contributed by atoms with Gasteiger partial charge in [0.25, 0.3) is 0 Å². The number of nitrogens with zero attached hydrogens (tertiary/aromatic N) is 1. The molecule has 2 aliphatic rings. The molecular formula is C19H28ClN3O2. The first-order valence-electron chi connectivity index (χ1n) is 9.00. The van der Waals surface area contributed by atoms with Crippen LogP contribution in [0.3, 0.4) is 0 Å². The monoisotopic (exact) mass is 365 g/mol. The highest BCUT2D eigenvalue weighted by Gasteiger charge is 2.25.